The van der Waals surface area contributed by atoms with Crippen LogP contribution in [0.5, 0.6) is 5.75 Å². The van der Waals surface area contributed by atoms with Gasteiger partial charge in [-0.25, -0.2) is 4.79 Å². The summed E-state index contributed by atoms with van der Waals surface area (Å²) >= 11 is 0. The molecule has 8 heteroatoms. The van der Waals surface area contributed by atoms with E-state index in [2.05, 4.69) is 9.68 Å². The standard InChI is InChI=1S/C12H8F3NO4/c1-19-6-2-3-7(8(4-6)12(13,14)15)10-5-9(11(17)18)16-20-10/h2-5H,1H3,(H,17,18). The van der Waals surface area contributed by atoms with Crippen molar-refractivity contribution < 1.29 is 32.3 Å². The molecule has 20 heavy (non-hydrogen) atoms. The maximum Gasteiger partial charge on any atom is 0.417 e. The quantitative estimate of drug-likeness (QED) is 0.939. The van der Waals surface area contributed by atoms with E-state index in [1.807, 2.05) is 0 Å². The molecule has 0 fully saturated rings. The smallest absolute Gasteiger partial charge is 0.417 e. The van der Waals surface area contributed by atoms with E-state index in [1.54, 1.807) is 0 Å². The Hall–Kier alpha value is -2.51. The van der Waals surface area contributed by atoms with E-state index < -0.39 is 23.4 Å². The van der Waals surface area contributed by atoms with E-state index in [4.69, 9.17) is 9.84 Å². The van der Waals surface area contributed by atoms with Crippen molar-refractivity contribution in [3.8, 4) is 17.1 Å². The van der Waals surface area contributed by atoms with Gasteiger partial charge in [-0.2, -0.15) is 13.2 Å². The van der Waals surface area contributed by atoms with Crippen molar-refractivity contribution in [2.75, 3.05) is 7.11 Å². The molecule has 0 aliphatic carbocycles. The highest BCUT2D eigenvalue weighted by Gasteiger charge is 2.35. The van der Waals surface area contributed by atoms with Crippen LogP contribution in [0.25, 0.3) is 11.3 Å². The summed E-state index contributed by atoms with van der Waals surface area (Å²) in [4.78, 5) is 10.7. The third kappa shape index (κ3) is 2.58. The molecule has 0 amide bonds. The summed E-state index contributed by atoms with van der Waals surface area (Å²) in [5.41, 5.74) is -1.77. The van der Waals surface area contributed by atoms with Crippen molar-refractivity contribution in [3.63, 3.8) is 0 Å². The van der Waals surface area contributed by atoms with Gasteiger partial charge in [0.15, 0.2) is 11.5 Å². The molecule has 1 heterocycles. The molecular weight excluding hydrogens is 279 g/mol. The summed E-state index contributed by atoms with van der Waals surface area (Å²) in [7, 11) is 1.24. The molecule has 1 aromatic carbocycles. The van der Waals surface area contributed by atoms with Gasteiger partial charge in [0, 0.05) is 11.6 Å². The van der Waals surface area contributed by atoms with Crippen LogP contribution in [0.4, 0.5) is 13.2 Å². The Morgan fingerprint density at radius 1 is 1.35 bits per heavy atom. The van der Waals surface area contributed by atoms with E-state index in [9.17, 15) is 18.0 Å². The molecule has 5 nitrogen and oxygen atoms in total. The summed E-state index contributed by atoms with van der Waals surface area (Å²) in [5, 5.41) is 11.9. The topological polar surface area (TPSA) is 72.6 Å². The lowest BCUT2D eigenvalue weighted by atomic mass is 10.0. The van der Waals surface area contributed by atoms with E-state index in [0.717, 1.165) is 18.2 Å². The molecular formula is C12H8F3NO4. The van der Waals surface area contributed by atoms with Gasteiger partial charge in [0.05, 0.1) is 12.7 Å². The fraction of sp³-hybridized carbons (Fsp3) is 0.167. The second-order valence-corrected chi connectivity index (χ2v) is 3.79. The number of alkyl halides is 3. The highest BCUT2D eigenvalue weighted by atomic mass is 19.4. The van der Waals surface area contributed by atoms with Crippen molar-refractivity contribution in [3.05, 3.63) is 35.5 Å². The maximum atomic E-state index is 13.0. The predicted octanol–water partition coefficient (Wildman–Crippen LogP) is 3.07. The van der Waals surface area contributed by atoms with Crippen LogP contribution in [0.3, 0.4) is 0 Å². The molecule has 0 unspecified atom stereocenters. The van der Waals surface area contributed by atoms with Crippen LogP contribution in [0.1, 0.15) is 16.1 Å². The van der Waals surface area contributed by atoms with Crippen LogP contribution < -0.4 is 4.74 Å². The van der Waals surface area contributed by atoms with Crippen LogP contribution in [0, 0.1) is 0 Å². The lowest BCUT2D eigenvalue weighted by Crippen LogP contribution is -2.07. The average Bonchev–Trinajstić information content (AvgIpc) is 2.86. The molecule has 0 aliphatic heterocycles. The Balaban J connectivity index is 2.57. The number of carbonyl (C=O) groups is 1. The Morgan fingerprint density at radius 3 is 2.55 bits per heavy atom. The van der Waals surface area contributed by atoms with Gasteiger partial charge in [-0.3, -0.25) is 0 Å². The second-order valence-electron chi connectivity index (χ2n) is 3.79. The van der Waals surface area contributed by atoms with Crippen molar-refractivity contribution in [2.45, 2.75) is 6.18 Å². The number of hydrogen-bond donors (Lipinski definition) is 1. The van der Waals surface area contributed by atoms with Crippen molar-refractivity contribution in [2.24, 2.45) is 0 Å². The minimum absolute atomic E-state index is 0.0269. The zero-order chi connectivity index (χ0) is 14.9. The lowest BCUT2D eigenvalue weighted by Gasteiger charge is -2.12. The SMILES string of the molecule is COc1ccc(-c2cc(C(=O)O)no2)c(C(F)(F)F)c1. The largest absolute Gasteiger partial charge is 0.497 e. The number of rotatable bonds is 3. The highest BCUT2D eigenvalue weighted by Crippen LogP contribution is 2.39. The number of ether oxygens (including phenoxy) is 1. The number of methoxy groups -OCH3 is 1. The summed E-state index contributed by atoms with van der Waals surface area (Å²) < 4.78 is 48.3. The molecule has 2 aromatic rings. The van der Waals surface area contributed by atoms with Crippen LogP contribution in [-0.2, 0) is 6.18 Å². The van der Waals surface area contributed by atoms with Crippen molar-refractivity contribution in [1.82, 2.24) is 5.16 Å². The van der Waals surface area contributed by atoms with E-state index in [-0.39, 0.29) is 17.1 Å². The zero-order valence-electron chi connectivity index (χ0n) is 10.1. The third-order valence-corrected chi connectivity index (χ3v) is 2.53. The van der Waals surface area contributed by atoms with E-state index in [1.165, 1.54) is 13.2 Å². The van der Waals surface area contributed by atoms with Crippen LogP contribution in [0.15, 0.2) is 28.8 Å². The average molecular weight is 287 g/mol. The normalized spacial score (nSPS) is 11.4. The summed E-state index contributed by atoms with van der Waals surface area (Å²) in [6.07, 6.45) is -4.64. The number of carboxylic acid groups (broad SMARTS) is 1. The first kappa shape index (κ1) is 13.9. The molecule has 106 valence electrons. The lowest BCUT2D eigenvalue weighted by molar-refractivity contribution is -0.137. The number of aromatic nitrogens is 1. The Morgan fingerprint density at radius 2 is 2.05 bits per heavy atom. The molecule has 1 aromatic heterocycles. The van der Waals surface area contributed by atoms with Gasteiger partial charge in [0.25, 0.3) is 0 Å². The molecule has 1 N–H and O–H groups in total. The Kier molecular flexibility index (Phi) is 3.39. The minimum Gasteiger partial charge on any atom is -0.497 e. The number of aromatic carboxylic acids is 1. The van der Waals surface area contributed by atoms with E-state index in [0.29, 0.717) is 0 Å². The van der Waals surface area contributed by atoms with Gasteiger partial charge < -0.3 is 14.4 Å². The fourth-order valence-electron chi connectivity index (χ4n) is 1.60. The zero-order valence-corrected chi connectivity index (χ0v) is 10.1. The second kappa shape index (κ2) is 4.87. The first-order valence-electron chi connectivity index (χ1n) is 5.28. The number of hydrogen-bond acceptors (Lipinski definition) is 4. The van der Waals surface area contributed by atoms with Crippen LogP contribution in [-0.4, -0.2) is 23.3 Å². The minimum atomic E-state index is -4.64. The predicted molar refractivity (Wildman–Crippen MR) is 60.5 cm³/mol. The van der Waals surface area contributed by atoms with Crippen LogP contribution in [0.2, 0.25) is 0 Å². The van der Waals surface area contributed by atoms with Gasteiger partial charge >= 0.3 is 12.1 Å². The Bertz CT molecular complexity index is 648. The fourth-order valence-corrected chi connectivity index (χ4v) is 1.60. The third-order valence-electron chi connectivity index (χ3n) is 2.53. The molecule has 0 atom stereocenters. The molecule has 0 bridgehead atoms. The van der Waals surface area contributed by atoms with E-state index >= 15 is 0 Å². The van der Waals surface area contributed by atoms with Gasteiger partial charge in [-0.1, -0.05) is 5.16 Å². The molecule has 0 spiro atoms. The number of benzene rings is 1. The van der Waals surface area contributed by atoms with Crippen LogP contribution >= 0.6 is 0 Å². The first-order valence-corrected chi connectivity index (χ1v) is 5.28. The molecule has 0 radical (unpaired) electrons. The summed E-state index contributed by atoms with van der Waals surface area (Å²) in [6.45, 7) is 0. The molecule has 0 saturated carbocycles. The monoisotopic (exact) mass is 287 g/mol. The number of nitrogens with zero attached hydrogens (tertiary/aromatic N) is 1. The van der Waals surface area contributed by atoms with Gasteiger partial charge in [0.2, 0.25) is 0 Å². The first-order chi connectivity index (χ1) is 9.32. The number of halogens is 3. The van der Waals surface area contributed by atoms with Gasteiger partial charge in [-0.15, -0.1) is 0 Å². The molecule has 2 rings (SSSR count). The van der Waals surface area contributed by atoms with Crippen molar-refractivity contribution >= 4 is 5.97 Å². The summed E-state index contributed by atoms with van der Waals surface area (Å²) in [5.74, 6) is -1.64. The van der Waals surface area contributed by atoms with Gasteiger partial charge in [-0.05, 0) is 18.2 Å². The Labute approximate surface area is 110 Å². The molecule has 0 saturated heterocycles. The number of carboxylic acids is 1. The highest BCUT2D eigenvalue weighted by molar-refractivity contribution is 5.86. The van der Waals surface area contributed by atoms with Gasteiger partial charge in [0.1, 0.15) is 5.75 Å². The van der Waals surface area contributed by atoms with Crippen molar-refractivity contribution in [1.29, 1.82) is 0 Å². The maximum absolute atomic E-state index is 13.0. The summed E-state index contributed by atoms with van der Waals surface area (Å²) in [6, 6.07) is 4.18. The molecule has 0 aliphatic rings.